The van der Waals surface area contributed by atoms with E-state index in [1.165, 1.54) is 0 Å². The van der Waals surface area contributed by atoms with E-state index < -0.39 is 18.0 Å². The van der Waals surface area contributed by atoms with Gasteiger partial charge in [0, 0.05) is 6.92 Å². The quantitative estimate of drug-likeness (QED) is 0.429. The van der Waals surface area contributed by atoms with Crippen molar-refractivity contribution in [3.8, 4) is 0 Å². The lowest BCUT2D eigenvalue weighted by Crippen LogP contribution is -2.32. The molecule has 0 heterocycles. The molecule has 1 rings (SSSR count). The largest absolute Gasteiger partial charge is 0.391 e. The molecular formula is C11H18O4. The number of aliphatic hydroxyl groups is 1. The summed E-state index contributed by atoms with van der Waals surface area (Å²) in [6.45, 7) is 1.16. The highest BCUT2D eigenvalue weighted by atomic mass is 16.6. The topological polar surface area (TPSA) is 63.6 Å². The minimum absolute atomic E-state index is 0.0423. The normalized spacial score (nSPS) is 20.4. The van der Waals surface area contributed by atoms with E-state index in [0.717, 1.165) is 45.4 Å². The van der Waals surface area contributed by atoms with Crippen LogP contribution < -0.4 is 0 Å². The van der Waals surface area contributed by atoms with Gasteiger partial charge in [-0.25, -0.2) is 4.79 Å². The van der Waals surface area contributed by atoms with Crippen LogP contribution in [0.1, 0.15) is 45.4 Å². The summed E-state index contributed by atoms with van der Waals surface area (Å²) in [6.07, 6.45) is 4.94. The predicted octanol–water partition coefficient (Wildman–Crippen LogP) is 1.41. The summed E-state index contributed by atoms with van der Waals surface area (Å²) >= 11 is 0. The molecule has 0 amide bonds. The van der Waals surface area contributed by atoms with Crippen LogP contribution in [0.3, 0.4) is 0 Å². The van der Waals surface area contributed by atoms with Gasteiger partial charge in [-0.1, -0.05) is 25.7 Å². The Bertz CT molecular complexity index is 229. The summed E-state index contributed by atoms with van der Waals surface area (Å²) in [5.74, 6) is -1.50. The average Bonchev–Trinajstić information content (AvgIpc) is 2.43. The molecular weight excluding hydrogens is 196 g/mol. The summed E-state index contributed by atoms with van der Waals surface area (Å²) in [5.41, 5.74) is 0. The number of rotatable bonds is 2. The smallest absolute Gasteiger partial charge is 0.342 e. The van der Waals surface area contributed by atoms with Crippen molar-refractivity contribution in [1.29, 1.82) is 0 Å². The van der Waals surface area contributed by atoms with Gasteiger partial charge in [-0.15, -0.1) is 0 Å². The van der Waals surface area contributed by atoms with Gasteiger partial charge in [-0.2, -0.15) is 0 Å². The number of esters is 2. The fourth-order valence-corrected chi connectivity index (χ4v) is 2.02. The van der Waals surface area contributed by atoms with Crippen LogP contribution in [0.25, 0.3) is 0 Å². The van der Waals surface area contributed by atoms with Gasteiger partial charge in [0.15, 0.2) is 6.10 Å². The van der Waals surface area contributed by atoms with Gasteiger partial charge >= 0.3 is 11.9 Å². The van der Waals surface area contributed by atoms with Crippen molar-refractivity contribution in [1.82, 2.24) is 0 Å². The second-order valence-corrected chi connectivity index (χ2v) is 4.11. The highest BCUT2D eigenvalue weighted by Crippen LogP contribution is 2.26. The Balaban J connectivity index is 2.46. The van der Waals surface area contributed by atoms with Gasteiger partial charge in [0.25, 0.3) is 0 Å². The third kappa shape index (κ3) is 4.00. The molecule has 86 valence electrons. The minimum atomic E-state index is -1.13. The van der Waals surface area contributed by atoms with E-state index in [1.807, 2.05) is 0 Å². The molecule has 0 saturated heterocycles. The summed E-state index contributed by atoms with van der Waals surface area (Å²) in [6, 6.07) is 0. The lowest BCUT2D eigenvalue weighted by atomic mass is 9.94. The molecule has 0 radical (unpaired) electrons. The molecule has 0 unspecified atom stereocenters. The van der Waals surface area contributed by atoms with Crippen LogP contribution in [0.5, 0.6) is 0 Å². The van der Waals surface area contributed by atoms with E-state index in [4.69, 9.17) is 0 Å². The zero-order chi connectivity index (χ0) is 11.3. The fourth-order valence-electron chi connectivity index (χ4n) is 2.02. The first-order chi connectivity index (χ1) is 7.11. The van der Waals surface area contributed by atoms with Crippen LogP contribution in [0.15, 0.2) is 0 Å². The van der Waals surface area contributed by atoms with Gasteiger partial charge in [-0.05, 0) is 18.8 Å². The number of hydrogen-bond acceptors (Lipinski definition) is 4. The number of carbonyl (C=O) groups excluding carboxylic acids is 2. The molecule has 0 spiro atoms. The monoisotopic (exact) mass is 214 g/mol. The number of ether oxygens (including phenoxy) is 1. The Hall–Kier alpha value is -0.900. The molecule has 1 aliphatic rings. The third-order valence-corrected chi connectivity index (χ3v) is 2.83. The van der Waals surface area contributed by atoms with E-state index in [9.17, 15) is 14.7 Å². The molecule has 0 aliphatic heterocycles. The maximum atomic E-state index is 11.3. The fraction of sp³-hybridized carbons (Fsp3) is 0.818. The molecule has 1 N–H and O–H groups in total. The van der Waals surface area contributed by atoms with E-state index in [-0.39, 0.29) is 5.92 Å². The predicted molar refractivity (Wildman–Crippen MR) is 54.0 cm³/mol. The van der Waals surface area contributed by atoms with E-state index >= 15 is 0 Å². The molecule has 0 aromatic rings. The molecule has 1 aliphatic carbocycles. The SMILES string of the molecule is CC(=O)OC(=O)[C@H](O)C1CCCCCC1. The Morgan fingerprint density at radius 3 is 2.20 bits per heavy atom. The Kier molecular flexibility index (Phi) is 4.75. The van der Waals surface area contributed by atoms with E-state index in [1.54, 1.807) is 0 Å². The van der Waals surface area contributed by atoms with Crippen molar-refractivity contribution in [2.45, 2.75) is 51.6 Å². The average molecular weight is 214 g/mol. The van der Waals surface area contributed by atoms with Gasteiger partial charge < -0.3 is 9.84 Å². The minimum Gasteiger partial charge on any atom is -0.391 e. The van der Waals surface area contributed by atoms with Crippen LogP contribution in [-0.4, -0.2) is 23.1 Å². The molecule has 4 nitrogen and oxygen atoms in total. The molecule has 1 saturated carbocycles. The molecule has 4 heteroatoms. The second-order valence-electron chi connectivity index (χ2n) is 4.11. The van der Waals surface area contributed by atoms with Crippen LogP contribution in [0.2, 0.25) is 0 Å². The van der Waals surface area contributed by atoms with Crippen molar-refractivity contribution in [3.63, 3.8) is 0 Å². The van der Waals surface area contributed by atoms with Crippen LogP contribution >= 0.6 is 0 Å². The summed E-state index contributed by atoms with van der Waals surface area (Å²) in [4.78, 5) is 21.8. The van der Waals surface area contributed by atoms with Crippen LogP contribution in [-0.2, 0) is 14.3 Å². The van der Waals surface area contributed by atoms with Crippen molar-refractivity contribution in [3.05, 3.63) is 0 Å². The number of aliphatic hydroxyl groups excluding tert-OH is 1. The molecule has 0 bridgehead atoms. The molecule has 1 fully saturated rings. The maximum absolute atomic E-state index is 11.3. The molecule has 0 aromatic carbocycles. The summed E-state index contributed by atoms with van der Waals surface area (Å²) in [7, 11) is 0. The van der Waals surface area contributed by atoms with Crippen LogP contribution in [0.4, 0.5) is 0 Å². The summed E-state index contributed by atoms with van der Waals surface area (Å²) in [5, 5.41) is 9.69. The first-order valence-electron chi connectivity index (χ1n) is 5.51. The van der Waals surface area contributed by atoms with Gasteiger partial charge in [0.1, 0.15) is 0 Å². The Morgan fingerprint density at radius 2 is 1.73 bits per heavy atom. The highest BCUT2D eigenvalue weighted by Gasteiger charge is 2.28. The lowest BCUT2D eigenvalue weighted by molar-refractivity contribution is -0.166. The van der Waals surface area contributed by atoms with Gasteiger partial charge in [-0.3, -0.25) is 4.79 Å². The molecule has 1 atom stereocenters. The molecule has 0 aromatic heterocycles. The maximum Gasteiger partial charge on any atom is 0.342 e. The molecule has 15 heavy (non-hydrogen) atoms. The van der Waals surface area contributed by atoms with Gasteiger partial charge in [0.05, 0.1) is 0 Å². The zero-order valence-electron chi connectivity index (χ0n) is 9.07. The lowest BCUT2D eigenvalue weighted by Gasteiger charge is -2.18. The van der Waals surface area contributed by atoms with E-state index in [0.29, 0.717) is 0 Å². The van der Waals surface area contributed by atoms with E-state index in [2.05, 4.69) is 4.74 Å². The number of carbonyl (C=O) groups is 2. The van der Waals surface area contributed by atoms with Crippen molar-refractivity contribution >= 4 is 11.9 Å². The first-order valence-corrected chi connectivity index (χ1v) is 5.51. The van der Waals surface area contributed by atoms with Crippen molar-refractivity contribution < 1.29 is 19.4 Å². The third-order valence-electron chi connectivity index (χ3n) is 2.83. The number of hydrogen-bond donors (Lipinski definition) is 1. The van der Waals surface area contributed by atoms with Gasteiger partial charge in [0.2, 0.25) is 0 Å². The Morgan fingerprint density at radius 1 is 1.20 bits per heavy atom. The van der Waals surface area contributed by atoms with Crippen molar-refractivity contribution in [2.75, 3.05) is 0 Å². The standard InChI is InChI=1S/C11H18O4/c1-8(12)15-11(14)10(13)9-6-4-2-3-5-7-9/h9-10,13H,2-7H2,1H3/t10-/m1/s1. The first kappa shape index (κ1) is 12.2. The summed E-state index contributed by atoms with van der Waals surface area (Å²) < 4.78 is 4.38. The highest BCUT2D eigenvalue weighted by molar-refractivity contribution is 5.86. The Labute approximate surface area is 89.6 Å². The second kappa shape index (κ2) is 5.85. The van der Waals surface area contributed by atoms with Crippen LogP contribution in [0, 0.1) is 5.92 Å². The van der Waals surface area contributed by atoms with Crippen molar-refractivity contribution in [2.24, 2.45) is 5.92 Å². The zero-order valence-corrected chi connectivity index (χ0v) is 9.07.